The molecule has 0 aliphatic heterocycles. The summed E-state index contributed by atoms with van der Waals surface area (Å²) in [5.74, 6) is 2.32. The number of aryl methyl sites for hydroxylation is 1. The lowest BCUT2D eigenvalue weighted by Gasteiger charge is -2.25. The van der Waals surface area contributed by atoms with Crippen LogP contribution < -0.4 is 5.32 Å². The molecule has 0 saturated carbocycles. The van der Waals surface area contributed by atoms with Crippen molar-refractivity contribution in [2.75, 3.05) is 33.2 Å². The largest absolute Gasteiger partial charge is 0.353 e. The zero-order valence-corrected chi connectivity index (χ0v) is 15.4. The number of carbonyl (C=O) groups is 1. The molecule has 1 rings (SSSR count). The van der Waals surface area contributed by atoms with Crippen LogP contribution in [0, 0.1) is 6.92 Å². The summed E-state index contributed by atoms with van der Waals surface area (Å²) in [5.41, 5.74) is 0. The Kier molecular flexibility index (Phi) is 7.94. The van der Waals surface area contributed by atoms with Crippen molar-refractivity contribution in [3.05, 3.63) is 24.3 Å². The topological polar surface area (TPSA) is 78.6 Å². The Morgan fingerprint density at radius 3 is 2.54 bits per heavy atom. The molecular formula is C16H29N7O. The first-order valence-corrected chi connectivity index (χ1v) is 8.17. The van der Waals surface area contributed by atoms with Crippen LogP contribution in [0.2, 0.25) is 0 Å². The molecule has 0 aliphatic rings. The summed E-state index contributed by atoms with van der Waals surface area (Å²) in [6.45, 7) is 12.2. The number of nitrogens with zero attached hydrogens (tertiary/aromatic N) is 6. The fraction of sp³-hybridized carbons (Fsp3) is 0.625. The van der Waals surface area contributed by atoms with E-state index in [1.165, 1.54) is 0 Å². The summed E-state index contributed by atoms with van der Waals surface area (Å²) in [7, 11) is 3.75. The van der Waals surface area contributed by atoms with E-state index in [1.54, 1.807) is 11.0 Å². The molecule has 0 atom stereocenters. The zero-order chi connectivity index (χ0) is 18.1. The van der Waals surface area contributed by atoms with E-state index in [0.717, 1.165) is 11.6 Å². The smallest absolute Gasteiger partial charge is 0.242 e. The number of amides is 1. The second kappa shape index (κ2) is 9.69. The monoisotopic (exact) mass is 335 g/mol. The first-order valence-electron chi connectivity index (χ1n) is 8.17. The van der Waals surface area contributed by atoms with Gasteiger partial charge < -0.3 is 19.7 Å². The molecule has 1 N–H and O–H groups in total. The third-order valence-corrected chi connectivity index (χ3v) is 3.81. The van der Waals surface area contributed by atoms with Gasteiger partial charge in [-0.3, -0.25) is 4.79 Å². The lowest BCUT2D eigenvalue weighted by Crippen LogP contribution is -2.45. The minimum absolute atomic E-state index is 0.0742. The molecule has 1 amide bonds. The van der Waals surface area contributed by atoms with E-state index in [4.69, 9.17) is 0 Å². The molecular weight excluding hydrogens is 306 g/mol. The molecule has 0 radical (unpaired) electrons. The van der Waals surface area contributed by atoms with E-state index in [-0.39, 0.29) is 12.5 Å². The lowest BCUT2D eigenvalue weighted by molar-refractivity contribution is -0.131. The first-order chi connectivity index (χ1) is 11.4. The first kappa shape index (κ1) is 19.7. The molecule has 1 aromatic heterocycles. The van der Waals surface area contributed by atoms with Crippen LogP contribution in [0.25, 0.3) is 0 Å². The Morgan fingerprint density at radius 1 is 1.38 bits per heavy atom. The number of aliphatic imine (C=N–C) groups is 1. The van der Waals surface area contributed by atoms with E-state index in [0.29, 0.717) is 32.1 Å². The van der Waals surface area contributed by atoms with Crippen molar-refractivity contribution in [1.82, 2.24) is 29.9 Å². The van der Waals surface area contributed by atoms with Gasteiger partial charge in [-0.1, -0.05) is 6.08 Å². The minimum Gasteiger partial charge on any atom is -0.353 e. The number of guanidine groups is 1. The van der Waals surface area contributed by atoms with E-state index >= 15 is 0 Å². The van der Waals surface area contributed by atoms with Gasteiger partial charge in [-0.15, -0.1) is 16.8 Å². The normalized spacial score (nSPS) is 11.3. The summed E-state index contributed by atoms with van der Waals surface area (Å²) in [5, 5.41) is 11.3. The predicted octanol–water partition coefficient (Wildman–Crippen LogP) is 0.555. The second-order valence-electron chi connectivity index (χ2n) is 5.45. The molecule has 8 nitrogen and oxygen atoms in total. The lowest BCUT2D eigenvalue weighted by atomic mass is 10.4. The van der Waals surface area contributed by atoms with Crippen molar-refractivity contribution < 1.29 is 4.79 Å². The molecule has 0 saturated heterocycles. The molecule has 1 heterocycles. The van der Waals surface area contributed by atoms with Gasteiger partial charge in [-0.25, -0.2) is 4.99 Å². The van der Waals surface area contributed by atoms with Crippen molar-refractivity contribution in [2.45, 2.75) is 27.3 Å². The highest BCUT2D eigenvalue weighted by Gasteiger charge is 2.15. The molecule has 8 heteroatoms. The third-order valence-electron chi connectivity index (χ3n) is 3.81. The zero-order valence-electron chi connectivity index (χ0n) is 15.4. The van der Waals surface area contributed by atoms with Crippen molar-refractivity contribution >= 4 is 11.9 Å². The number of hydrogen-bond donors (Lipinski definition) is 1. The van der Waals surface area contributed by atoms with Crippen molar-refractivity contribution in [1.29, 1.82) is 0 Å². The van der Waals surface area contributed by atoms with Crippen LogP contribution in [-0.4, -0.2) is 69.7 Å². The van der Waals surface area contributed by atoms with Gasteiger partial charge >= 0.3 is 0 Å². The molecule has 0 spiro atoms. The highest BCUT2D eigenvalue weighted by molar-refractivity contribution is 5.86. The average molecular weight is 335 g/mol. The van der Waals surface area contributed by atoms with Crippen molar-refractivity contribution in [3.8, 4) is 0 Å². The molecule has 134 valence electrons. The van der Waals surface area contributed by atoms with Gasteiger partial charge in [0.1, 0.15) is 12.4 Å². The number of aromatic nitrogens is 3. The van der Waals surface area contributed by atoms with Gasteiger partial charge in [-0.2, -0.15) is 0 Å². The average Bonchev–Trinajstić information content (AvgIpc) is 2.87. The summed E-state index contributed by atoms with van der Waals surface area (Å²) in [6, 6.07) is 0. The van der Waals surface area contributed by atoms with Gasteiger partial charge in [0, 0.05) is 33.7 Å². The summed E-state index contributed by atoms with van der Waals surface area (Å²) < 4.78 is 1.90. The predicted molar refractivity (Wildman–Crippen MR) is 95.6 cm³/mol. The van der Waals surface area contributed by atoms with Crippen LogP contribution >= 0.6 is 0 Å². The molecule has 24 heavy (non-hydrogen) atoms. The van der Waals surface area contributed by atoms with Gasteiger partial charge in [0.05, 0.1) is 6.54 Å². The molecule has 0 fully saturated rings. The number of nitrogens with one attached hydrogen (secondary N) is 1. The Morgan fingerprint density at radius 2 is 2.04 bits per heavy atom. The van der Waals surface area contributed by atoms with Crippen LogP contribution in [0.15, 0.2) is 17.6 Å². The van der Waals surface area contributed by atoms with Crippen molar-refractivity contribution in [2.24, 2.45) is 12.0 Å². The second-order valence-corrected chi connectivity index (χ2v) is 5.45. The fourth-order valence-electron chi connectivity index (χ4n) is 2.16. The Bertz CT molecular complexity index is 575. The summed E-state index contributed by atoms with van der Waals surface area (Å²) in [6.07, 6.45) is 1.75. The highest BCUT2D eigenvalue weighted by Crippen LogP contribution is 2.01. The maximum absolute atomic E-state index is 12.3. The molecule has 0 aromatic carbocycles. The summed E-state index contributed by atoms with van der Waals surface area (Å²) in [4.78, 5) is 20.5. The van der Waals surface area contributed by atoms with Gasteiger partial charge in [0.2, 0.25) is 5.91 Å². The molecule has 0 unspecified atom stereocenters. The Labute approximate surface area is 144 Å². The minimum atomic E-state index is 0.0742. The SMILES string of the molecule is C=CCNC(=NCc1nnc(C)n1C)N(C)CC(=O)N(CC)CC. The van der Waals surface area contributed by atoms with E-state index in [9.17, 15) is 4.79 Å². The number of carbonyl (C=O) groups excluding carboxylic acids is 1. The van der Waals surface area contributed by atoms with Gasteiger partial charge in [0.25, 0.3) is 0 Å². The van der Waals surface area contributed by atoms with Crippen LogP contribution in [0.5, 0.6) is 0 Å². The third kappa shape index (κ3) is 5.36. The molecule has 0 aliphatic carbocycles. The van der Waals surface area contributed by atoms with E-state index in [1.807, 2.05) is 44.3 Å². The molecule has 1 aromatic rings. The standard InChI is InChI=1S/C16H29N7O/c1-7-10-17-16(18-11-14-20-19-13(4)22(14)6)21(5)12-15(24)23(8-2)9-3/h7H,1,8-12H2,2-6H3,(H,17,18). The van der Waals surface area contributed by atoms with Gasteiger partial charge in [0.15, 0.2) is 11.8 Å². The summed E-state index contributed by atoms with van der Waals surface area (Å²) >= 11 is 0. The Hall–Kier alpha value is -2.38. The number of likely N-dealkylation sites (N-methyl/N-ethyl adjacent to an activating group) is 2. The van der Waals surface area contributed by atoms with Gasteiger partial charge in [-0.05, 0) is 20.8 Å². The van der Waals surface area contributed by atoms with Crippen molar-refractivity contribution in [3.63, 3.8) is 0 Å². The maximum atomic E-state index is 12.3. The van der Waals surface area contributed by atoms with Crippen LogP contribution in [0.1, 0.15) is 25.5 Å². The highest BCUT2D eigenvalue weighted by atomic mass is 16.2. The van der Waals surface area contributed by atoms with E-state index in [2.05, 4.69) is 27.1 Å². The Balaban J connectivity index is 2.82. The van der Waals surface area contributed by atoms with E-state index < -0.39 is 0 Å². The number of hydrogen-bond acceptors (Lipinski definition) is 4. The quantitative estimate of drug-likeness (QED) is 0.426. The maximum Gasteiger partial charge on any atom is 0.242 e. The van der Waals surface area contributed by atoms with Crippen LogP contribution in [0.4, 0.5) is 0 Å². The molecule has 0 bridgehead atoms. The number of rotatable bonds is 8. The fourth-order valence-corrected chi connectivity index (χ4v) is 2.16. The van der Waals surface area contributed by atoms with Crippen LogP contribution in [0.3, 0.4) is 0 Å². The van der Waals surface area contributed by atoms with Crippen LogP contribution in [-0.2, 0) is 18.4 Å².